The van der Waals surface area contributed by atoms with Crippen molar-refractivity contribution in [2.24, 2.45) is 0 Å². The van der Waals surface area contributed by atoms with Crippen LogP contribution in [0.5, 0.6) is 0 Å². The summed E-state index contributed by atoms with van der Waals surface area (Å²) in [5.74, 6) is 0. The molecule has 2 aromatic carbocycles. The van der Waals surface area contributed by atoms with E-state index < -0.39 is 0 Å². The predicted octanol–water partition coefficient (Wildman–Crippen LogP) is 3.43. The van der Waals surface area contributed by atoms with Gasteiger partial charge in [0.15, 0.2) is 0 Å². The third-order valence-electron chi connectivity index (χ3n) is 3.46. The molecule has 0 atom stereocenters. The second-order valence-electron chi connectivity index (χ2n) is 5.56. The van der Waals surface area contributed by atoms with Gasteiger partial charge in [0.1, 0.15) is 0 Å². The van der Waals surface area contributed by atoms with Crippen molar-refractivity contribution in [1.29, 1.82) is 0 Å². The van der Waals surface area contributed by atoms with E-state index in [0.717, 1.165) is 12.1 Å². The molecule has 2 N–H and O–H groups in total. The molecule has 0 saturated heterocycles. The normalized spacial score (nSPS) is 10.1. The van der Waals surface area contributed by atoms with Gasteiger partial charge in [-0.25, -0.2) is 4.79 Å². The molecule has 0 fully saturated rings. The number of urea groups is 1. The molecule has 4 heteroatoms. The minimum Gasteiger partial charge on any atom is -0.378 e. The molecule has 0 aliphatic rings. The lowest BCUT2D eigenvalue weighted by molar-refractivity contribution is 0.252. The van der Waals surface area contributed by atoms with Crippen molar-refractivity contribution >= 4 is 17.4 Å². The maximum absolute atomic E-state index is 11.8. The number of amides is 2. The topological polar surface area (TPSA) is 44.4 Å². The summed E-state index contributed by atoms with van der Waals surface area (Å²) in [4.78, 5) is 13.9. The third-order valence-corrected chi connectivity index (χ3v) is 3.46. The SMILES string of the molecule is Cc1ccc(NC(=O)NCCc2ccc(N(C)C)cc2)cc1. The fraction of sp³-hybridized carbons (Fsp3) is 0.278. The zero-order chi connectivity index (χ0) is 15.9. The van der Waals surface area contributed by atoms with Crippen molar-refractivity contribution in [3.05, 3.63) is 59.7 Å². The van der Waals surface area contributed by atoms with Crippen LogP contribution in [-0.2, 0) is 6.42 Å². The molecule has 0 radical (unpaired) electrons. The maximum Gasteiger partial charge on any atom is 0.319 e. The summed E-state index contributed by atoms with van der Waals surface area (Å²) in [6.45, 7) is 2.63. The Morgan fingerprint density at radius 1 is 1.00 bits per heavy atom. The highest BCUT2D eigenvalue weighted by molar-refractivity contribution is 5.89. The van der Waals surface area contributed by atoms with E-state index in [1.54, 1.807) is 0 Å². The molecule has 116 valence electrons. The molecule has 0 aromatic heterocycles. The van der Waals surface area contributed by atoms with Crippen LogP contribution >= 0.6 is 0 Å². The van der Waals surface area contributed by atoms with E-state index in [4.69, 9.17) is 0 Å². The number of aryl methyl sites for hydroxylation is 1. The molecular weight excluding hydrogens is 274 g/mol. The number of carbonyl (C=O) groups is 1. The number of hydrogen-bond donors (Lipinski definition) is 2. The highest BCUT2D eigenvalue weighted by Crippen LogP contribution is 2.12. The number of carbonyl (C=O) groups excluding carboxylic acids is 1. The van der Waals surface area contributed by atoms with Crippen molar-refractivity contribution in [3.63, 3.8) is 0 Å². The fourth-order valence-electron chi connectivity index (χ4n) is 2.09. The third kappa shape index (κ3) is 4.81. The molecule has 0 heterocycles. The largest absolute Gasteiger partial charge is 0.378 e. The molecule has 22 heavy (non-hydrogen) atoms. The van der Waals surface area contributed by atoms with Crippen LogP contribution in [-0.4, -0.2) is 26.7 Å². The zero-order valence-electron chi connectivity index (χ0n) is 13.4. The Morgan fingerprint density at radius 3 is 2.23 bits per heavy atom. The summed E-state index contributed by atoms with van der Waals surface area (Å²) in [6, 6.07) is 15.9. The maximum atomic E-state index is 11.8. The molecule has 0 bridgehead atoms. The van der Waals surface area contributed by atoms with Gasteiger partial charge < -0.3 is 15.5 Å². The molecule has 4 nitrogen and oxygen atoms in total. The highest BCUT2D eigenvalue weighted by atomic mass is 16.2. The van der Waals surface area contributed by atoms with Crippen molar-refractivity contribution in [2.45, 2.75) is 13.3 Å². The first-order chi connectivity index (χ1) is 10.5. The Hall–Kier alpha value is -2.49. The van der Waals surface area contributed by atoms with E-state index in [0.29, 0.717) is 6.54 Å². The Balaban J connectivity index is 1.75. The number of anilines is 2. The van der Waals surface area contributed by atoms with Crippen LogP contribution < -0.4 is 15.5 Å². The first-order valence-corrected chi connectivity index (χ1v) is 7.42. The van der Waals surface area contributed by atoms with Crippen LogP contribution in [0.4, 0.5) is 16.2 Å². The van der Waals surface area contributed by atoms with Crippen molar-refractivity contribution < 1.29 is 4.79 Å². The fourth-order valence-corrected chi connectivity index (χ4v) is 2.09. The molecule has 0 aliphatic carbocycles. The molecule has 0 unspecified atom stereocenters. The molecule has 2 rings (SSSR count). The smallest absolute Gasteiger partial charge is 0.319 e. The first kappa shape index (κ1) is 15.9. The average Bonchev–Trinajstić information content (AvgIpc) is 2.50. The van der Waals surface area contributed by atoms with E-state index in [-0.39, 0.29) is 6.03 Å². The number of nitrogens with zero attached hydrogens (tertiary/aromatic N) is 1. The lowest BCUT2D eigenvalue weighted by Crippen LogP contribution is -2.30. The highest BCUT2D eigenvalue weighted by Gasteiger charge is 2.01. The van der Waals surface area contributed by atoms with Crippen LogP contribution in [0.1, 0.15) is 11.1 Å². The van der Waals surface area contributed by atoms with Crippen LogP contribution in [0.3, 0.4) is 0 Å². The van der Waals surface area contributed by atoms with Gasteiger partial charge in [-0.05, 0) is 43.2 Å². The molecule has 0 saturated carbocycles. The predicted molar refractivity (Wildman–Crippen MR) is 92.7 cm³/mol. The monoisotopic (exact) mass is 297 g/mol. The summed E-state index contributed by atoms with van der Waals surface area (Å²) < 4.78 is 0. The molecular formula is C18H23N3O. The van der Waals surface area contributed by atoms with Gasteiger partial charge in [-0.1, -0.05) is 29.8 Å². The van der Waals surface area contributed by atoms with E-state index >= 15 is 0 Å². The van der Waals surface area contributed by atoms with Crippen molar-refractivity contribution in [1.82, 2.24) is 5.32 Å². The standard InChI is InChI=1S/C18H23N3O/c1-14-4-8-16(9-5-14)20-18(22)19-13-12-15-6-10-17(11-7-15)21(2)3/h4-11H,12-13H2,1-3H3,(H2,19,20,22). The summed E-state index contributed by atoms with van der Waals surface area (Å²) in [5, 5.41) is 5.69. The molecule has 0 aliphatic heterocycles. The van der Waals surface area contributed by atoms with E-state index in [2.05, 4.69) is 39.8 Å². The summed E-state index contributed by atoms with van der Waals surface area (Å²) in [5.41, 5.74) is 4.36. The van der Waals surface area contributed by atoms with Crippen LogP contribution in [0.15, 0.2) is 48.5 Å². The molecule has 2 aromatic rings. The van der Waals surface area contributed by atoms with Crippen LogP contribution in [0.25, 0.3) is 0 Å². The minimum atomic E-state index is -0.172. The van der Waals surface area contributed by atoms with Gasteiger partial charge in [0.2, 0.25) is 0 Å². The van der Waals surface area contributed by atoms with E-state index in [9.17, 15) is 4.79 Å². The number of rotatable bonds is 5. The van der Waals surface area contributed by atoms with Crippen molar-refractivity contribution in [2.75, 3.05) is 30.9 Å². The van der Waals surface area contributed by atoms with Crippen LogP contribution in [0.2, 0.25) is 0 Å². The van der Waals surface area contributed by atoms with E-state index in [1.165, 1.54) is 16.8 Å². The first-order valence-electron chi connectivity index (χ1n) is 7.42. The Labute approximate surface area is 132 Å². The Kier molecular flexibility index (Phi) is 5.42. The minimum absolute atomic E-state index is 0.172. The van der Waals surface area contributed by atoms with E-state index in [1.807, 2.05) is 45.3 Å². The van der Waals surface area contributed by atoms with Gasteiger partial charge in [0.25, 0.3) is 0 Å². The second-order valence-corrected chi connectivity index (χ2v) is 5.56. The lowest BCUT2D eigenvalue weighted by Gasteiger charge is -2.13. The lowest BCUT2D eigenvalue weighted by atomic mass is 10.1. The number of benzene rings is 2. The Bertz CT molecular complexity index is 603. The molecule has 2 amide bonds. The molecule has 0 spiro atoms. The average molecular weight is 297 g/mol. The summed E-state index contributed by atoms with van der Waals surface area (Å²) in [6.07, 6.45) is 0.815. The quantitative estimate of drug-likeness (QED) is 0.888. The number of nitrogens with one attached hydrogen (secondary N) is 2. The van der Waals surface area contributed by atoms with Gasteiger partial charge in [-0.2, -0.15) is 0 Å². The van der Waals surface area contributed by atoms with Gasteiger partial charge in [-0.3, -0.25) is 0 Å². The Morgan fingerprint density at radius 2 is 1.64 bits per heavy atom. The van der Waals surface area contributed by atoms with Gasteiger partial charge in [-0.15, -0.1) is 0 Å². The second kappa shape index (κ2) is 7.50. The summed E-state index contributed by atoms with van der Waals surface area (Å²) in [7, 11) is 4.04. The number of hydrogen-bond acceptors (Lipinski definition) is 2. The van der Waals surface area contributed by atoms with Crippen molar-refractivity contribution in [3.8, 4) is 0 Å². The zero-order valence-corrected chi connectivity index (χ0v) is 13.4. The summed E-state index contributed by atoms with van der Waals surface area (Å²) >= 11 is 0. The van der Waals surface area contributed by atoms with Gasteiger partial charge in [0.05, 0.1) is 0 Å². The van der Waals surface area contributed by atoms with Crippen LogP contribution in [0, 0.1) is 6.92 Å². The van der Waals surface area contributed by atoms with Gasteiger partial charge in [0, 0.05) is 32.0 Å². The van der Waals surface area contributed by atoms with Gasteiger partial charge >= 0.3 is 6.03 Å².